The normalized spacial score (nSPS) is 52.8. The van der Waals surface area contributed by atoms with Crippen LogP contribution in [0.5, 0.6) is 0 Å². The van der Waals surface area contributed by atoms with Gasteiger partial charge in [0.2, 0.25) is 0 Å². The molecule has 4 aliphatic rings. The minimum Gasteiger partial charge on any atom is -0.394 e. The van der Waals surface area contributed by atoms with Crippen LogP contribution < -0.4 is 0 Å². The molecule has 4 aliphatic heterocycles. The monoisotopic (exact) mass is 364 g/mol. The molecule has 25 heavy (non-hydrogen) atoms. The largest absolute Gasteiger partial charge is 0.394 e. The second-order valence-electron chi connectivity index (χ2n) is 8.08. The highest BCUT2D eigenvalue weighted by Crippen LogP contribution is 2.48. The molecule has 0 aromatic heterocycles. The summed E-state index contributed by atoms with van der Waals surface area (Å²) in [5.74, 6) is -1.43. The maximum absolute atomic E-state index is 10.7. The first kappa shape index (κ1) is 19.4. The van der Waals surface area contributed by atoms with Gasteiger partial charge < -0.3 is 44.5 Å². The number of ether oxygens (including phenoxy) is 4. The third kappa shape index (κ3) is 3.58. The van der Waals surface area contributed by atoms with Crippen LogP contribution in [0.25, 0.3) is 0 Å². The summed E-state index contributed by atoms with van der Waals surface area (Å²) in [7, 11) is 0. The summed E-state index contributed by atoms with van der Waals surface area (Å²) in [4.78, 5) is 0. The molecule has 5 N–H and O–H groups in total. The van der Waals surface area contributed by atoms with Gasteiger partial charge in [0.15, 0.2) is 18.4 Å². The van der Waals surface area contributed by atoms with Crippen molar-refractivity contribution in [2.45, 2.75) is 94.0 Å². The van der Waals surface area contributed by atoms with Crippen molar-refractivity contribution in [3.63, 3.8) is 0 Å². The molecule has 0 spiro atoms. The first-order valence-corrected chi connectivity index (χ1v) is 8.55. The van der Waals surface area contributed by atoms with Crippen LogP contribution in [0.15, 0.2) is 0 Å². The maximum Gasteiger partial charge on any atom is 0.192 e. The van der Waals surface area contributed by atoms with E-state index in [-0.39, 0.29) is 6.42 Å². The fourth-order valence-corrected chi connectivity index (χ4v) is 3.98. The zero-order valence-electron chi connectivity index (χ0n) is 14.7. The van der Waals surface area contributed by atoms with Crippen molar-refractivity contribution in [1.29, 1.82) is 0 Å². The molecule has 4 rings (SSSR count). The molecule has 9 nitrogen and oxygen atoms in total. The summed E-state index contributed by atoms with van der Waals surface area (Å²) < 4.78 is 22.9. The van der Waals surface area contributed by atoms with Gasteiger partial charge in [-0.05, 0) is 27.2 Å². The zero-order chi connectivity index (χ0) is 18.6. The van der Waals surface area contributed by atoms with Gasteiger partial charge in [0.25, 0.3) is 0 Å². The molecule has 0 radical (unpaired) electrons. The smallest absolute Gasteiger partial charge is 0.192 e. The lowest BCUT2D eigenvalue weighted by molar-refractivity contribution is -0.401. The fourth-order valence-electron chi connectivity index (χ4n) is 3.98. The Hall–Kier alpha value is -0.360. The Morgan fingerprint density at radius 3 is 2.36 bits per heavy atom. The van der Waals surface area contributed by atoms with Crippen LogP contribution >= 0.6 is 0 Å². The standard InChI is InChI=1S/C16H28O9/c1-14(2)7-16(21)5-4-15(3,25-14)13(24-16)23-12-11(20)10(19)9(18)8(6-17)22-12/h8-13,17-21H,4-7H2,1-3H3/t8-,9-,10+,11-,12+,13+,15+,16+/m0/s1. The summed E-state index contributed by atoms with van der Waals surface area (Å²) in [6, 6.07) is 0. The average molecular weight is 364 g/mol. The van der Waals surface area contributed by atoms with Gasteiger partial charge in [-0.2, -0.15) is 0 Å². The van der Waals surface area contributed by atoms with Crippen LogP contribution in [0.4, 0.5) is 0 Å². The number of aliphatic hydroxyl groups is 5. The van der Waals surface area contributed by atoms with Crippen LogP contribution in [-0.4, -0.2) is 86.1 Å². The number of hydrogen-bond donors (Lipinski definition) is 5. The Kier molecular flexibility index (Phi) is 4.94. The first-order valence-electron chi connectivity index (χ1n) is 8.55. The molecule has 0 amide bonds. The average Bonchev–Trinajstić information content (AvgIpc) is 2.65. The molecule has 0 aromatic carbocycles. The van der Waals surface area contributed by atoms with Crippen LogP contribution in [0.1, 0.15) is 40.0 Å². The Morgan fingerprint density at radius 2 is 1.72 bits per heavy atom. The summed E-state index contributed by atoms with van der Waals surface area (Å²) in [6.07, 6.45) is -6.97. The summed E-state index contributed by atoms with van der Waals surface area (Å²) in [6.45, 7) is 4.93. The van der Waals surface area contributed by atoms with Gasteiger partial charge in [-0.1, -0.05) is 0 Å². The van der Waals surface area contributed by atoms with E-state index in [9.17, 15) is 25.5 Å². The molecule has 0 aromatic rings. The summed E-state index contributed by atoms with van der Waals surface area (Å²) in [5, 5.41) is 49.8. The molecule has 4 heterocycles. The van der Waals surface area contributed by atoms with E-state index >= 15 is 0 Å². The van der Waals surface area contributed by atoms with Crippen molar-refractivity contribution < 1.29 is 44.5 Å². The van der Waals surface area contributed by atoms with E-state index in [0.29, 0.717) is 12.8 Å². The summed E-state index contributed by atoms with van der Waals surface area (Å²) >= 11 is 0. The topological polar surface area (TPSA) is 138 Å². The SMILES string of the molecule is CC1(C)C[C@@]2(O)CC[C@@](C)(O1)[C@H](O[C@H]1O[C@@H](CO)[C@H](O)[C@@H](O)[C@@H]1O)O2. The molecule has 4 saturated heterocycles. The lowest BCUT2D eigenvalue weighted by atomic mass is 9.91. The highest BCUT2D eigenvalue weighted by molar-refractivity contribution is 4.99. The minimum absolute atomic E-state index is 0.254. The molecule has 146 valence electrons. The van der Waals surface area contributed by atoms with Gasteiger partial charge in [-0.15, -0.1) is 0 Å². The maximum atomic E-state index is 10.7. The van der Waals surface area contributed by atoms with Gasteiger partial charge in [-0.25, -0.2) is 0 Å². The van der Waals surface area contributed by atoms with Gasteiger partial charge in [0.1, 0.15) is 30.0 Å². The zero-order valence-corrected chi connectivity index (χ0v) is 14.7. The Balaban J connectivity index is 1.80. The second-order valence-corrected chi connectivity index (χ2v) is 8.08. The van der Waals surface area contributed by atoms with Crippen LogP contribution in [0, 0.1) is 0 Å². The molecule has 0 aliphatic carbocycles. The van der Waals surface area contributed by atoms with E-state index in [2.05, 4.69) is 0 Å². The van der Waals surface area contributed by atoms with Crippen LogP contribution in [0.3, 0.4) is 0 Å². The second kappa shape index (κ2) is 6.36. The lowest BCUT2D eigenvalue weighted by Gasteiger charge is -2.47. The van der Waals surface area contributed by atoms with Crippen LogP contribution in [0.2, 0.25) is 0 Å². The molecule has 0 saturated carbocycles. The molecule has 9 heteroatoms. The Bertz CT molecular complexity index is 498. The number of aliphatic hydroxyl groups excluding tert-OH is 4. The molecule has 8 atom stereocenters. The van der Waals surface area contributed by atoms with Gasteiger partial charge in [0, 0.05) is 12.8 Å². The third-order valence-electron chi connectivity index (χ3n) is 5.15. The predicted octanol–water partition coefficient (Wildman–Crippen LogP) is -1.41. The lowest BCUT2D eigenvalue weighted by Crippen LogP contribution is -2.62. The van der Waals surface area contributed by atoms with E-state index < -0.39 is 60.6 Å². The fraction of sp³-hybridized carbons (Fsp3) is 1.00. The number of rotatable bonds is 3. The summed E-state index contributed by atoms with van der Waals surface area (Å²) in [5.41, 5.74) is -1.54. The van der Waals surface area contributed by atoms with Crippen molar-refractivity contribution >= 4 is 0 Å². The van der Waals surface area contributed by atoms with Crippen molar-refractivity contribution in [2.24, 2.45) is 0 Å². The van der Waals surface area contributed by atoms with Gasteiger partial charge in [-0.3, -0.25) is 0 Å². The van der Waals surface area contributed by atoms with Crippen molar-refractivity contribution in [1.82, 2.24) is 0 Å². The highest BCUT2D eigenvalue weighted by atomic mass is 16.8. The molecule has 4 fully saturated rings. The van der Waals surface area contributed by atoms with E-state index in [1.807, 2.05) is 13.8 Å². The Labute approximate surface area is 146 Å². The highest BCUT2D eigenvalue weighted by Gasteiger charge is 2.58. The van der Waals surface area contributed by atoms with Gasteiger partial charge >= 0.3 is 0 Å². The van der Waals surface area contributed by atoms with Crippen molar-refractivity contribution in [3.8, 4) is 0 Å². The van der Waals surface area contributed by atoms with E-state index in [0.717, 1.165) is 0 Å². The van der Waals surface area contributed by atoms with E-state index in [1.165, 1.54) is 0 Å². The molecular weight excluding hydrogens is 336 g/mol. The molecular formula is C16H28O9. The van der Waals surface area contributed by atoms with Crippen molar-refractivity contribution in [3.05, 3.63) is 0 Å². The van der Waals surface area contributed by atoms with E-state index in [4.69, 9.17) is 18.9 Å². The minimum atomic E-state index is -1.55. The number of fused-ring (bicyclic) bond motifs is 4. The first-order chi connectivity index (χ1) is 11.5. The molecule has 0 unspecified atom stereocenters. The van der Waals surface area contributed by atoms with Gasteiger partial charge in [0.05, 0.1) is 12.2 Å². The van der Waals surface area contributed by atoms with Crippen LogP contribution in [-0.2, 0) is 18.9 Å². The van der Waals surface area contributed by atoms with Crippen molar-refractivity contribution in [2.75, 3.05) is 6.61 Å². The predicted molar refractivity (Wildman–Crippen MR) is 82.1 cm³/mol. The van der Waals surface area contributed by atoms with E-state index in [1.54, 1.807) is 6.92 Å². The quantitative estimate of drug-likeness (QED) is 0.409. The Morgan fingerprint density at radius 1 is 1.04 bits per heavy atom. The number of hydrogen-bond acceptors (Lipinski definition) is 9. The molecule has 2 bridgehead atoms. The third-order valence-corrected chi connectivity index (χ3v) is 5.15.